The number of carboxylic acids is 2. The molecule has 6 atom stereocenters. The van der Waals surface area contributed by atoms with E-state index in [4.69, 9.17) is 19.3 Å². The Labute approximate surface area is 867 Å². The number of hydrogen-bond acceptors (Lipinski definition) is 17. The SMILES string of the molecule is CC(=O)c1cc(COc2cccnc2C(=O)O)cc(OCc2cc(-n3c4ccccc4c4ccccc43)cc(-n3c4ccccc4c4ccccc43)c2)c1.CC(=O)c1cccc(COc2cccnc2C(=O)O)c1.CCCCNC(=O)CCCCC1SCC2CC(=O)NC21.CCCCNC(=O)CCCCC1SCC2NC(=O)NC21.Fc1c[c-]c(-c2ccccn2)c(F)c1.Fc1c[c-]c(-c2ccccn2)c(F)c1.[Ir].[Ir]. The fraction of sp³-hybridized carbons (Fsp3) is 0.268. The number of nitrogens with zero attached hydrogens (tertiary/aromatic N) is 6. The Hall–Kier alpha value is -13.7. The normalized spacial score (nSPS) is 15.4. The molecule has 4 aliphatic heterocycles. The van der Waals surface area contributed by atoms with Crippen LogP contribution in [0, 0.1) is 41.3 Å². The van der Waals surface area contributed by atoms with Crippen LogP contribution in [-0.2, 0) is 74.4 Å². The Morgan fingerprint density at radius 2 is 0.896 bits per heavy atom. The minimum Gasteiger partial charge on any atom is -0.489 e. The van der Waals surface area contributed by atoms with Gasteiger partial charge in [0, 0.05) is 187 Å². The Morgan fingerprint density at radius 1 is 0.451 bits per heavy atom. The van der Waals surface area contributed by atoms with Crippen LogP contribution in [0.25, 0.3) is 77.5 Å². The molecule has 24 nitrogen and oxygen atoms in total. The van der Waals surface area contributed by atoms with Crippen molar-refractivity contribution in [1.82, 2.24) is 55.7 Å². The molecule has 9 aromatic carbocycles. The molecule has 0 aliphatic carbocycles. The van der Waals surface area contributed by atoms with Gasteiger partial charge in [0.15, 0.2) is 34.5 Å². The molecule has 15 aromatic rings. The summed E-state index contributed by atoms with van der Waals surface area (Å²) in [5.74, 6) is -0.968. The number of carboxylic acid groups (broad SMARTS) is 2. The smallest absolute Gasteiger partial charge is 0.358 e. The standard InChI is InChI=1S/C46H33N3O5.C15H26N2O2S.C15H13NO4.C14H25N3O2S.2C11H6F2N.2Ir/c1-29(50)32-21-30(28-54-44-19-10-20-47-45(44)46(51)52)24-35(25-32)53-27-31-22-33(48-40-15-6-2-11-36(40)37-12-3-7-16-41(37)48)26-34(23-31)49-42-17-8-4-13-38(42)39-14-5-9-18-43(39)49;1-2-3-8-16-13(18)7-5-4-6-12-15-11(10-20-12)9-14(19)17-15;1-10(17)12-5-2-4-11(8-12)9-20-13-6-3-7-16-14(13)15(18)19;1-2-3-8-15-12(18)7-5-4-6-11-13-10(9-20-11)16-14(19)17-13;2*12-8-4-5-9(10(13)7-8)11-3-1-2-6-14-11;;/h2-26H,27-28H2,1H3,(H,51,52);11-12,15H,2-10H2,1H3,(H,16,18)(H,17,19);2-8H,9H2,1H3,(H,18,19);10-11,13H,2-9H2,1H3,(H,15,18)(H2,16,17,19);2*1-4,6-7H;;/q;;;;2*-1;;. The van der Waals surface area contributed by atoms with Gasteiger partial charge < -0.3 is 70.1 Å². The summed E-state index contributed by atoms with van der Waals surface area (Å²) in [4.78, 5) is 108. The van der Waals surface area contributed by atoms with Crippen molar-refractivity contribution in [2.45, 2.75) is 160 Å². The molecule has 0 saturated carbocycles. The number of benzene rings is 9. The van der Waals surface area contributed by atoms with Crippen molar-refractivity contribution in [3.05, 3.63) is 342 Å². The van der Waals surface area contributed by atoms with Crippen LogP contribution in [0.15, 0.2) is 267 Å². The molecular formula is C112H109F4Ir2N11O13S2-2. The van der Waals surface area contributed by atoms with Gasteiger partial charge in [0.1, 0.15) is 25.6 Å². The molecule has 4 aliphatic rings. The van der Waals surface area contributed by atoms with Crippen LogP contribution < -0.4 is 40.8 Å². The zero-order valence-electron chi connectivity index (χ0n) is 79.6. The predicted octanol–water partition coefficient (Wildman–Crippen LogP) is 22.3. The molecule has 7 N–H and O–H groups in total. The maximum Gasteiger partial charge on any atom is 0.358 e. The molecule has 0 bridgehead atoms. The van der Waals surface area contributed by atoms with Gasteiger partial charge in [-0.1, -0.05) is 178 Å². The summed E-state index contributed by atoms with van der Waals surface area (Å²) in [7, 11) is 0. The van der Waals surface area contributed by atoms with Crippen molar-refractivity contribution in [3.63, 3.8) is 0 Å². The number of thioether (sulfide) groups is 2. The van der Waals surface area contributed by atoms with Crippen LogP contribution in [0.4, 0.5) is 22.4 Å². The molecule has 6 unspecified atom stereocenters. The first-order valence-corrected chi connectivity index (χ1v) is 49.4. The molecule has 19 rings (SSSR count). The Kier molecular flexibility index (Phi) is 41.0. The molecule has 6 aromatic heterocycles. The van der Waals surface area contributed by atoms with E-state index in [2.05, 4.69) is 197 Å². The number of fused-ring (bicyclic) bond motifs is 8. The zero-order chi connectivity index (χ0) is 100.0. The van der Waals surface area contributed by atoms with Crippen LogP contribution in [0.3, 0.4) is 0 Å². The van der Waals surface area contributed by atoms with E-state index in [1.807, 2.05) is 35.7 Å². The second-order valence-corrected chi connectivity index (χ2v) is 37.0. The van der Waals surface area contributed by atoms with E-state index in [0.717, 1.165) is 158 Å². The van der Waals surface area contributed by atoms with Gasteiger partial charge in [0.25, 0.3) is 0 Å². The van der Waals surface area contributed by atoms with Crippen molar-refractivity contribution < 1.29 is 121 Å². The van der Waals surface area contributed by atoms with Crippen LogP contribution in [0.2, 0.25) is 0 Å². The number of aromatic nitrogens is 6. The number of urea groups is 1. The second kappa shape index (κ2) is 54.1. The largest absolute Gasteiger partial charge is 0.489 e. The van der Waals surface area contributed by atoms with Crippen molar-refractivity contribution in [2.24, 2.45) is 5.92 Å². The second-order valence-electron chi connectivity index (χ2n) is 34.4. The van der Waals surface area contributed by atoms with E-state index in [1.165, 1.54) is 47.8 Å². The third kappa shape index (κ3) is 29.5. The quantitative estimate of drug-likeness (QED) is 0.00660. The molecular weight excluding hydrogens is 2230 g/mol. The van der Waals surface area contributed by atoms with Gasteiger partial charge in [-0.05, 0) is 195 Å². The minimum atomic E-state index is -1.18. The maximum atomic E-state index is 13.2. The number of rotatable bonds is 33. The van der Waals surface area contributed by atoms with Gasteiger partial charge in [0.05, 0.1) is 34.2 Å². The first-order valence-electron chi connectivity index (χ1n) is 47.3. The number of ketones is 2. The summed E-state index contributed by atoms with van der Waals surface area (Å²) >= 11 is 3.93. The fourth-order valence-corrected chi connectivity index (χ4v) is 20.4. The molecule has 4 fully saturated rings. The molecule has 2 radical (unpaired) electrons. The number of ether oxygens (including phenoxy) is 3. The van der Waals surface area contributed by atoms with Gasteiger partial charge in [-0.3, -0.25) is 41.5 Å². The number of halogens is 4. The molecule has 144 heavy (non-hydrogen) atoms. The average molecular weight is 2340 g/mol. The minimum absolute atomic E-state index is 0. The van der Waals surface area contributed by atoms with E-state index in [9.17, 15) is 61.0 Å². The Balaban J connectivity index is 0.000000170. The van der Waals surface area contributed by atoms with E-state index in [0.29, 0.717) is 81.6 Å². The number of hydrogen-bond donors (Lipinski definition) is 7. The monoisotopic (exact) mass is 2340 g/mol. The molecule has 10 heterocycles. The van der Waals surface area contributed by atoms with Crippen LogP contribution in [0.5, 0.6) is 17.2 Å². The fourth-order valence-electron chi connectivity index (χ4n) is 17.2. The number of amides is 5. The summed E-state index contributed by atoms with van der Waals surface area (Å²) in [6.45, 7) is 9.25. The first-order chi connectivity index (χ1) is 68.9. The van der Waals surface area contributed by atoms with Gasteiger partial charge in [-0.25, -0.2) is 24.4 Å². The van der Waals surface area contributed by atoms with Gasteiger partial charge in [-0.15, -0.1) is 24.3 Å². The molecule has 750 valence electrons. The van der Waals surface area contributed by atoms with E-state index in [1.54, 1.807) is 103 Å². The van der Waals surface area contributed by atoms with Gasteiger partial charge >= 0.3 is 18.0 Å². The summed E-state index contributed by atoms with van der Waals surface area (Å²) in [6.07, 6.45) is 18.5. The van der Waals surface area contributed by atoms with E-state index >= 15 is 0 Å². The number of aromatic carboxylic acids is 2. The van der Waals surface area contributed by atoms with Crippen molar-refractivity contribution in [1.29, 1.82) is 0 Å². The van der Waals surface area contributed by atoms with E-state index in [-0.39, 0.29) is 135 Å². The van der Waals surface area contributed by atoms with Crippen LogP contribution in [-0.4, -0.2) is 140 Å². The maximum absolute atomic E-state index is 13.2. The van der Waals surface area contributed by atoms with Gasteiger partial charge in [0.2, 0.25) is 17.7 Å². The topological polar surface area (TPSA) is 326 Å². The number of carbonyl (C=O) groups excluding carboxylic acids is 6. The van der Waals surface area contributed by atoms with Crippen LogP contribution in [0.1, 0.15) is 170 Å². The number of Topliss-reactive ketones (excluding diaryl/α,β-unsaturated/α-hetero) is 2. The third-order valence-electron chi connectivity index (χ3n) is 24.2. The molecule has 0 spiro atoms. The zero-order valence-corrected chi connectivity index (χ0v) is 86.0. The van der Waals surface area contributed by atoms with Crippen molar-refractivity contribution >= 4 is 114 Å². The molecule has 5 amide bonds. The summed E-state index contributed by atoms with van der Waals surface area (Å²) < 4.78 is 74.0. The number of para-hydroxylation sites is 4. The van der Waals surface area contributed by atoms with Crippen LogP contribution >= 0.6 is 23.5 Å². The number of nitrogens with one attached hydrogen (secondary N) is 5. The number of pyridine rings is 4. The van der Waals surface area contributed by atoms with Gasteiger partial charge in [-0.2, -0.15) is 23.5 Å². The van der Waals surface area contributed by atoms with E-state index < -0.39 is 35.2 Å². The Morgan fingerprint density at radius 3 is 1.36 bits per heavy atom. The summed E-state index contributed by atoms with van der Waals surface area (Å²) in [5.41, 5.74) is 10.8. The number of carbonyl (C=O) groups is 8. The first kappa shape index (κ1) is 109. The molecule has 32 heteroatoms. The van der Waals surface area contributed by atoms with Crippen molar-refractivity contribution in [2.75, 3.05) is 24.6 Å². The third-order valence-corrected chi connectivity index (χ3v) is 27.3. The van der Waals surface area contributed by atoms with Crippen molar-refractivity contribution in [3.8, 4) is 51.1 Å². The Bertz CT molecular complexity index is 6580. The molecule has 4 saturated heterocycles. The average Bonchev–Trinajstić information content (AvgIpc) is 1.58. The predicted molar refractivity (Wildman–Crippen MR) is 545 cm³/mol. The summed E-state index contributed by atoms with van der Waals surface area (Å²) in [6, 6.07) is 79.0. The summed E-state index contributed by atoms with van der Waals surface area (Å²) in [5, 5.41) is 39.3. The number of unbranched alkanes of at least 4 members (excludes halogenated alkanes) is 4.